The smallest absolute Gasteiger partial charge is 0.247 e. The predicted octanol–water partition coefficient (Wildman–Crippen LogP) is 3.49. The van der Waals surface area contributed by atoms with Crippen molar-refractivity contribution in [3.8, 4) is 5.75 Å². The molecule has 1 heterocycles. The highest BCUT2D eigenvalue weighted by Gasteiger charge is 2.28. The minimum atomic E-state index is 0.0772. The second-order valence-corrected chi connectivity index (χ2v) is 4.85. The third kappa shape index (κ3) is 3.29. The first-order chi connectivity index (χ1) is 9.76. The van der Waals surface area contributed by atoms with E-state index in [-0.39, 0.29) is 11.9 Å². The van der Waals surface area contributed by atoms with Crippen molar-refractivity contribution in [1.82, 2.24) is 4.90 Å². The number of hydrogen-bond acceptors (Lipinski definition) is 2. The summed E-state index contributed by atoms with van der Waals surface area (Å²) in [6.07, 6.45) is 9.27. The van der Waals surface area contributed by atoms with Crippen molar-refractivity contribution in [2.24, 2.45) is 0 Å². The number of methoxy groups -OCH3 is 1. The van der Waals surface area contributed by atoms with Crippen molar-refractivity contribution in [3.05, 3.63) is 54.1 Å². The first-order valence-corrected chi connectivity index (χ1v) is 7.00. The summed E-state index contributed by atoms with van der Waals surface area (Å²) in [6.45, 7) is 2.75. The molecule has 0 N–H and O–H groups in total. The van der Waals surface area contributed by atoms with Gasteiger partial charge in [-0.1, -0.05) is 30.4 Å². The summed E-state index contributed by atoms with van der Waals surface area (Å²) in [5, 5.41) is 0. The number of benzene rings is 1. The maximum Gasteiger partial charge on any atom is 0.247 e. The number of carbonyl (C=O) groups is 1. The standard InChI is InChI=1S/C17H21NO2/c1-3-4-5-11-17(19)18-12-7-10-16(18)14-8-6-9-15(13-14)20-2/h3-6,8-9,11,13,16H,7,10,12H2,1-2H3/b4-3+,11-5+/t16-/m0/s1. The summed E-state index contributed by atoms with van der Waals surface area (Å²) >= 11 is 0. The highest BCUT2D eigenvalue weighted by Crippen LogP contribution is 2.33. The molecule has 3 heteroatoms. The van der Waals surface area contributed by atoms with Crippen LogP contribution in [0.5, 0.6) is 5.75 Å². The number of hydrogen-bond donors (Lipinski definition) is 0. The molecule has 1 aromatic rings. The molecule has 2 rings (SSSR count). The van der Waals surface area contributed by atoms with Crippen LogP contribution in [0.3, 0.4) is 0 Å². The molecular formula is C17H21NO2. The van der Waals surface area contributed by atoms with Gasteiger partial charge in [-0.3, -0.25) is 4.79 Å². The third-order valence-corrected chi connectivity index (χ3v) is 3.56. The number of rotatable bonds is 4. The Hall–Kier alpha value is -2.03. The van der Waals surface area contributed by atoms with E-state index < -0.39 is 0 Å². The largest absolute Gasteiger partial charge is 0.497 e. The topological polar surface area (TPSA) is 29.5 Å². The average Bonchev–Trinajstić information content (AvgIpc) is 2.97. The van der Waals surface area contributed by atoms with Crippen LogP contribution in [-0.4, -0.2) is 24.5 Å². The van der Waals surface area contributed by atoms with Gasteiger partial charge >= 0.3 is 0 Å². The number of amides is 1. The normalized spacial score (nSPS) is 19.1. The Morgan fingerprint density at radius 3 is 3.00 bits per heavy atom. The van der Waals surface area contributed by atoms with Crippen molar-refractivity contribution in [2.75, 3.05) is 13.7 Å². The van der Waals surface area contributed by atoms with Gasteiger partial charge in [-0.05, 0) is 37.5 Å². The zero-order chi connectivity index (χ0) is 14.4. The van der Waals surface area contributed by atoms with Gasteiger partial charge in [-0.25, -0.2) is 0 Å². The summed E-state index contributed by atoms with van der Waals surface area (Å²) in [4.78, 5) is 14.2. The van der Waals surface area contributed by atoms with E-state index in [1.807, 2.05) is 42.2 Å². The first kappa shape index (κ1) is 14.4. The Balaban J connectivity index is 2.16. The molecule has 106 valence electrons. The van der Waals surface area contributed by atoms with Gasteiger partial charge in [0.25, 0.3) is 0 Å². The minimum Gasteiger partial charge on any atom is -0.497 e. The van der Waals surface area contributed by atoms with Crippen LogP contribution < -0.4 is 4.74 Å². The van der Waals surface area contributed by atoms with Gasteiger partial charge in [0.15, 0.2) is 0 Å². The second kappa shape index (κ2) is 6.94. The Morgan fingerprint density at radius 1 is 1.40 bits per heavy atom. The van der Waals surface area contributed by atoms with Crippen LogP contribution in [0.25, 0.3) is 0 Å². The lowest BCUT2D eigenvalue weighted by Crippen LogP contribution is -2.28. The summed E-state index contributed by atoms with van der Waals surface area (Å²) in [5.41, 5.74) is 1.15. The molecule has 1 amide bonds. The molecule has 0 bridgehead atoms. The van der Waals surface area contributed by atoms with Gasteiger partial charge in [0, 0.05) is 12.6 Å². The van der Waals surface area contributed by atoms with Crippen LogP contribution in [0, 0.1) is 0 Å². The lowest BCUT2D eigenvalue weighted by atomic mass is 10.0. The van der Waals surface area contributed by atoms with Crippen LogP contribution in [0.4, 0.5) is 0 Å². The van der Waals surface area contributed by atoms with Gasteiger partial charge in [0.2, 0.25) is 5.91 Å². The van der Waals surface area contributed by atoms with E-state index in [4.69, 9.17) is 4.74 Å². The lowest BCUT2D eigenvalue weighted by molar-refractivity contribution is -0.126. The van der Waals surface area contributed by atoms with E-state index in [1.165, 1.54) is 0 Å². The van der Waals surface area contributed by atoms with E-state index in [0.29, 0.717) is 0 Å². The predicted molar refractivity (Wildman–Crippen MR) is 80.6 cm³/mol. The summed E-state index contributed by atoms with van der Waals surface area (Å²) in [7, 11) is 1.66. The van der Waals surface area contributed by atoms with Gasteiger partial charge in [0.05, 0.1) is 13.2 Å². The zero-order valence-corrected chi connectivity index (χ0v) is 12.1. The summed E-state index contributed by atoms with van der Waals surface area (Å²) < 4.78 is 5.26. The first-order valence-electron chi connectivity index (χ1n) is 7.00. The fourth-order valence-corrected chi connectivity index (χ4v) is 2.57. The van der Waals surface area contributed by atoms with Gasteiger partial charge in [0.1, 0.15) is 5.75 Å². The molecule has 0 spiro atoms. The van der Waals surface area contributed by atoms with Crippen molar-refractivity contribution >= 4 is 5.91 Å². The Bertz CT molecular complexity index is 519. The molecule has 1 fully saturated rings. The molecule has 1 aliphatic heterocycles. The van der Waals surface area contributed by atoms with Gasteiger partial charge in [-0.15, -0.1) is 0 Å². The molecule has 0 unspecified atom stereocenters. The number of likely N-dealkylation sites (tertiary alicyclic amines) is 1. The number of allylic oxidation sites excluding steroid dienone is 3. The molecule has 0 aromatic heterocycles. The van der Waals surface area contributed by atoms with Crippen LogP contribution in [0.1, 0.15) is 31.4 Å². The minimum absolute atomic E-state index is 0.0772. The van der Waals surface area contributed by atoms with Crippen LogP contribution in [-0.2, 0) is 4.79 Å². The van der Waals surface area contributed by atoms with Gasteiger partial charge < -0.3 is 9.64 Å². The molecule has 20 heavy (non-hydrogen) atoms. The van der Waals surface area contributed by atoms with E-state index in [9.17, 15) is 4.79 Å². The number of carbonyl (C=O) groups excluding carboxylic acids is 1. The molecule has 1 saturated heterocycles. The van der Waals surface area contributed by atoms with Crippen molar-refractivity contribution in [1.29, 1.82) is 0 Å². The molecular weight excluding hydrogens is 250 g/mol. The second-order valence-electron chi connectivity index (χ2n) is 4.85. The van der Waals surface area contributed by atoms with E-state index in [2.05, 4.69) is 6.07 Å². The van der Waals surface area contributed by atoms with E-state index in [0.717, 1.165) is 30.7 Å². The van der Waals surface area contributed by atoms with E-state index >= 15 is 0 Å². The summed E-state index contributed by atoms with van der Waals surface area (Å²) in [6, 6.07) is 8.15. The fourth-order valence-electron chi connectivity index (χ4n) is 2.57. The molecule has 1 aromatic carbocycles. The van der Waals surface area contributed by atoms with Crippen molar-refractivity contribution in [3.63, 3.8) is 0 Å². The fraction of sp³-hybridized carbons (Fsp3) is 0.353. The summed E-state index contributed by atoms with van der Waals surface area (Å²) in [5.74, 6) is 0.916. The molecule has 1 aliphatic rings. The maximum atomic E-state index is 12.2. The quantitative estimate of drug-likeness (QED) is 0.619. The molecule has 3 nitrogen and oxygen atoms in total. The Morgan fingerprint density at radius 2 is 2.25 bits per heavy atom. The van der Waals surface area contributed by atoms with Crippen LogP contribution in [0.2, 0.25) is 0 Å². The molecule has 0 saturated carbocycles. The molecule has 0 aliphatic carbocycles. The maximum absolute atomic E-state index is 12.2. The highest BCUT2D eigenvalue weighted by molar-refractivity contribution is 5.88. The zero-order valence-electron chi connectivity index (χ0n) is 12.1. The Labute approximate surface area is 120 Å². The molecule has 1 atom stereocenters. The van der Waals surface area contributed by atoms with E-state index in [1.54, 1.807) is 19.3 Å². The third-order valence-electron chi connectivity index (χ3n) is 3.56. The average molecular weight is 271 g/mol. The number of nitrogens with zero attached hydrogens (tertiary/aromatic N) is 1. The number of ether oxygens (including phenoxy) is 1. The lowest BCUT2D eigenvalue weighted by Gasteiger charge is -2.24. The molecule has 0 radical (unpaired) electrons. The van der Waals surface area contributed by atoms with Crippen LogP contribution in [0.15, 0.2) is 48.6 Å². The van der Waals surface area contributed by atoms with Crippen molar-refractivity contribution in [2.45, 2.75) is 25.8 Å². The Kier molecular flexibility index (Phi) is 4.99. The van der Waals surface area contributed by atoms with Crippen LogP contribution >= 0.6 is 0 Å². The van der Waals surface area contributed by atoms with Gasteiger partial charge in [-0.2, -0.15) is 0 Å². The van der Waals surface area contributed by atoms with Crippen molar-refractivity contribution < 1.29 is 9.53 Å². The highest BCUT2D eigenvalue weighted by atomic mass is 16.5. The monoisotopic (exact) mass is 271 g/mol. The SMILES string of the molecule is C/C=C/C=C/C(=O)N1CCC[C@H]1c1cccc(OC)c1.